The summed E-state index contributed by atoms with van der Waals surface area (Å²) in [6.45, 7) is 6.96. The Morgan fingerprint density at radius 2 is 2.14 bits per heavy atom. The van der Waals surface area contributed by atoms with Gasteiger partial charge in [0.2, 0.25) is 0 Å². The second-order valence-corrected chi connectivity index (χ2v) is 8.04. The highest BCUT2D eigenvalue weighted by Crippen LogP contribution is 2.28. The molecule has 29 heavy (non-hydrogen) atoms. The van der Waals surface area contributed by atoms with E-state index in [2.05, 4.69) is 58.6 Å². The van der Waals surface area contributed by atoms with Gasteiger partial charge in [0.25, 0.3) is 0 Å². The maximum atomic E-state index is 4.96. The van der Waals surface area contributed by atoms with Gasteiger partial charge in [0.1, 0.15) is 0 Å². The number of nitrogens with one attached hydrogen (secondary N) is 1. The zero-order valence-electron chi connectivity index (χ0n) is 17.8. The fraction of sp³-hybridized carbons (Fsp3) is 0.545. The molecule has 1 fully saturated rings. The molecule has 7 heteroatoms. The Kier molecular flexibility index (Phi) is 7.43. The minimum absolute atomic E-state index is 0. The first-order valence-electron chi connectivity index (χ1n) is 10.5. The van der Waals surface area contributed by atoms with Gasteiger partial charge in [-0.15, -0.1) is 24.0 Å². The van der Waals surface area contributed by atoms with Crippen LogP contribution in [-0.2, 0) is 20.0 Å². The van der Waals surface area contributed by atoms with Crippen LogP contribution in [0.3, 0.4) is 0 Å². The van der Waals surface area contributed by atoms with E-state index < -0.39 is 0 Å². The molecule has 158 valence electrons. The molecule has 0 aliphatic carbocycles. The first kappa shape index (κ1) is 21.9. The van der Waals surface area contributed by atoms with E-state index in [-0.39, 0.29) is 24.0 Å². The van der Waals surface area contributed by atoms with E-state index in [1.807, 2.05) is 17.9 Å². The molecular weight excluding hydrogens is 475 g/mol. The number of guanidine groups is 1. The molecule has 2 aliphatic heterocycles. The topological polar surface area (TPSA) is 48.7 Å². The fourth-order valence-corrected chi connectivity index (χ4v) is 4.40. The standard InChI is InChI=1S/C22H32N6.HI/c1-4-23-22(28-11-9-19(16-28)20-14-25-27(3)15-20)24-13-17-7-8-21-18(12-17)6-5-10-26(21)2;/h7-8,12,14-15,19H,4-6,9-11,13,16H2,1-3H3,(H,23,24);1H. The Bertz CT molecular complexity index is 846. The molecular formula is C22H33IN6. The summed E-state index contributed by atoms with van der Waals surface area (Å²) in [4.78, 5) is 9.72. The number of anilines is 1. The number of aliphatic imine (C=N–C) groups is 1. The molecule has 0 bridgehead atoms. The zero-order valence-corrected chi connectivity index (χ0v) is 20.1. The molecule has 3 heterocycles. The first-order valence-corrected chi connectivity index (χ1v) is 10.5. The molecule has 6 nitrogen and oxygen atoms in total. The number of benzene rings is 1. The largest absolute Gasteiger partial charge is 0.374 e. The van der Waals surface area contributed by atoms with Gasteiger partial charge in [0, 0.05) is 58.1 Å². The van der Waals surface area contributed by atoms with Crippen LogP contribution in [-0.4, -0.2) is 53.9 Å². The van der Waals surface area contributed by atoms with Crippen LogP contribution in [0.4, 0.5) is 5.69 Å². The van der Waals surface area contributed by atoms with Crippen molar-refractivity contribution in [1.82, 2.24) is 20.0 Å². The summed E-state index contributed by atoms with van der Waals surface area (Å²) >= 11 is 0. The van der Waals surface area contributed by atoms with Gasteiger partial charge in [-0.2, -0.15) is 5.10 Å². The van der Waals surface area contributed by atoms with Crippen molar-refractivity contribution in [2.75, 3.05) is 38.1 Å². The van der Waals surface area contributed by atoms with Gasteiger partial charge >= 0.3 is 0 Å². The molecule has 2 aromatic rings. The number of rotatable bonds is 4. The molecule has 0 amide bonds. The average molecular weight is 508 g/mol. The third kappa shape index (κ3) is 5.05. The van der Waals surface area contributed by atoms with Crippen molar-refractivity contribution in [3.8, 4) is 0 Å². The molecule has 0 radical (unpaired) electrons. The van der Waals surface area contributed by atoms with Crippen molar-refractivity contribution in [3.63, 3.8) is 0 Å². The smallest absolute Gasteiger partial charge is 0.194 e. The van der Waals surface area contributed by atoms with Crippen LogP contribution in [0.15, 0.2) is 35.6 Å². The van der Waals surface area contributed by atoms with Gasteiger partial charge in [-0.1, -0.05) is 12.1 Å². The van der Waals surface area contributed by atoms with Crippen molar-refractivity contribution < 1.29 is 0 Å². The summed E-state index contributed by atoms with van der Waals surface area (Å²) < 4.78 is 1.89. The van der Waals surface area contributed by atoms with Crippen molar-refractivity contribution in [2.24, 2.45) is 12.0 Å². The first-order chi connectivity index (χ1) is 13.6. The molecule has 1 saturated heterocycles. The quantitative estimate of drug-likeness (QED) is 0.391. The fourth-order valence-electron chi connectivity index (χ4n) is 4.40. The highest BCUT2D eigenvalue weighted by Gasteiger charge is 2.27. The Balaban J connectivity index is 0.00000240. The third-order valence-electron chi connectivity index (χ3n) is 5.93. The monoisotopic (exact) mass is 508 g/mol. The molecule has 4 rings (SSSR count). The number of halogens is 1. The lowest BCUT2D eigenvalue weighted by molar-refractivity contribution is 0.486. The number of fused-ring (bicyclic) bond motifs is 1. The third-order valence-corrected chi connectivity index (χ3v) is 5.93. The van der Waals surface area contributed by atoms with Crippen LogP contribution in [0.5, 0.6) is 0 Å². The van der Waals surface area contributed by atoms with Crippen LogP contribution < -0.4 is 10.2 Å². The van der Waals surface area contributed by atoms with Crippen LogP contribution in [0.1, 0.15) is 42.4 Å². The van der Waals surface area contributed by atoms with E-state index in [4.69, 9.17) is 4.99 Å². The maximum absolute atomic E-state index is 4.96. The average Bonchev–Trinajstić information content (AvgIpc) is 3.34. The van der Waals surface area contributed by atoms with Gasteiger partial charge in [0.05, 0.1) is 12.7 Å². The number of aromatic nitrogens is 2. The Labute approximate surface area is 191 Å². The van der Waals surface area contributed by atoms with Gasteiger partial charge in [0.15, 0.2) is 5.96 Å². The van der Waals surface area contributed by atoms with E-state index in [9.17, 15) is 0 Å². The van der Waals surface area contributed by atoms with Crippen molar-refractivity contribution >= 4 is 35.6 Å². The number of aryl methyl sites for hydroxylation is 2. The normalized spacial score (nSPS) is 19.1. The van der Waals surface area contributed by atoms with E-state index >= 15 is 0 Å². The Hall–Kier alpha value is -1.77. The summed E-state index contributed by atoms with van der Waals surface area (Å²) in [6.07, 6.45) is 7.71. The van der Waals surface area contributed by atoms with Gasteiger partial charge in [-0.25, -0.2) is 4.99 Å². The summed E-state index contributed by atoms with van der Waals surface area (Å²) in [6, 6.07) is 6.84. The van der Waals surface area contributed by atoms with Crippen LogP contribution >= 0.6 is 24.0 Å². The van der Waals surface area contributed by atoms with Crippen molar-refractivity contribution in [1.29, 1.82) is 0 Å². The van der Waals surface area contributed by atoms with Crippen LogP contribution in [0.2, 0.25) is 0 Å². The van der Waals surface area contributed by atoms with Crippen LogP contribution in [0, 0.1) is 0 Å². The van der Waals surface area contributed by atoms with Gasteiger partial charge < -0.3 is 15.1 Å². The summed E-state index contributed by atoms with van der Waals surface area (Å²) in [5, 5.41) is 7.82. The molecule has 1 aromatic heterocycles. The lowest BCUT2D eigenvalue weighted by Gasteiger charge is -2.27. The highest BCUT2D eigenvalue weighted by molar-refractivity contribution is 14.0. The molecule has 1 unspecified atom stereocenters. The number of hydrogen-bond acceptors (Lipinski definition) is 3. The highest BCUT2D eigenvalue weighted by atomic mass is 127. The molecule has 1 N–H and O–H groups in total. The van der Waals surface area contributed by atoms with Crippen molar-refractivity contribution in [2.45, 2.75) is 38.6 Å². The van der Waals surface area contributed by atoms with Gasteiger partial charge in [-0.05, 0) is 48.9 Å². The number of likely N-dealkylation sites (tertiary alicyclic amines) is 1. The lowest BCUT2D eigenvalue weighted by atomic mass is 10.00. The predicted octanol–water partition coefficient (Wildman–Crippen LogP) is 3.38. The summed E-state index contributed by atoms with van der Waals surface area (Å²) in [5.74, 6) is 1.57. The molecule has 0 saturated carbocycles. The van der Waals surface area contributed by atoms with Crippen LogP contribution in [0.25, 0.3) is 0 Å². The van der Waals surface area contributed by atoms with E-state index in [0.29, 0.717) is 5.92 Å². The SMILES string of the molecule is CCNC(=NCc1ccc2c(c1)CCCN2C)N1CCC(c2cnn(C)c2)C1.I. The van der Waals surface area contributed by atoms with Gasteiger partial charge in [-0.3, -0.25) is 4.68 Å². The maximum Gasteiger partial charge on any atom is 0.194 e. The minimum Gasteiger partial charge on any atom is -0.374 e. The molecule has 1 aromatic carbocycles. The van der Waals surface area contributed by atoms with E-state index in [1.165, 1.54) is 35.2 Å². The molecule has 1 atom stereocenters. The summed E-state index contributed by atoms with van der Waals surface area (Å²) in [7, 11) is 4.17. The zero-order chi connectivity index (χ0) is 19.5. The Morgan fingerprint density at radius 1 is 1.28 bits per heavy atom. The Morgan fingerprint density at radius 3 is 2.90 bits per heavy atom. The lowest BCUT2D eigenvalue weighted by Crippen LogP contribution is -2.40. The van der Waals surface area contributed by atoms with E-state index in [1.54, 1.807) is 0 Å². The summed E-state index contributed by atoms with van der Waals surface area (Å²) in [5.41, 5.74) is 5.47. The number of nitrogens with zero attached hydrogens (tertiary/aromatic N) is 5. The second-order valence-electron chi connectivity index (χ2n) is 8.04. The second kappa shape index (κ2) is 9.82. The van der Waals surface area contributed by atoms with E-state index in [0.717, 1.165) is 45.1 Å². The number of hydrogen-bond donors (Lipinski definition) is 1. The molecule has 2 aliphatic rings. The molecule has 0 spiro atoms. The van der Waals surface area contributed by atoms with Crippen molar-refractivity contribution in [3.05, 3.63) is 47.3 Å². The predicted molar refractivity (Wildman–Crippen MR) is 130 cm³/mol. The minimum atomic E-state index is 0.